The summed E-state index contributed by atoms with van der Waals surface area (Å²) in [5.41, 5.74) is -0.252. The van der Waals surface area contributed by atoms with Crippen LogP contribution in [0.25, 0.3) is 0 Å². The topological polar surface area (TPSA) is 24.1 Å². The standard InChI is InChI=1S/C9H9F3N2/c10-5-1-7(11)9(8(12)2-5)14-6-3-13-4-6/h1-2,6,13-14H,3-4H2. The Morgan fingerprint density at radius 1 is 1.14 bits per heavy atom. The first-order valence-electron chi connectivity index (χ1n) is 4.28. The fourth-order valence-electron chi connectivity index (χ4n) is 1.27. The predicted molar refractivity (Wildman–Crippen MR) is 46.6 cm³/mol. The van der Waals surface area contributed by atoms with Gasteiger partial charge in [0.05, 0.1) is 6.04 Å². The van der Waals surface area contributed by atoms with E-state index in [0.29, 0.717) is 25.2 Å². The molecule has 0 radical (unpaired) electrons. The highest BCUT2D eigenvalue weighted by Gasteiger charge is 2.20. The highest BCUT2D eigenvalue weighted by Crippen LogP contribution is 2.21. The summed E-state index contributed by atoms with van der Waals surface area (Å²) in [6.07, 6.45) is 0. The van der Waals surface area contributed by atoms with E-state index in [-0.39, 0.29) is 11.7 Å². The lowest BCUT2D eigenvalue weighted by Crippen LogP contribution is -2.51. The SMILES string of the molecule is Fc1cc(F)c(NC2CNC2)c(F)c1. The molecule has 0 unspecified atom stereocenters. The van der Waals surface area contributed by atoms with Gasteiger partial charge in [0.15, 0.2) is 11.6 Å². The Balaban J connectivity index is 2.22. The molecule has 2 nitrogen and oxygen atoms in total. The van der Waals surface area contributed by atoms with E-state index in [1.54, 1.807) is 0 Å². The second-order valence-electron chi connectivity index (χ2n) is 3.24. The Hall–Kier alpha value is -1.23. The molecule has 1 aliphatic rings. The van der Waals surface area contributed by atoms with Crippen molar-refractivity contribution in [1.29, 1.82) is 0 Å². The molecule has 2 rings (SSSR count). The fraction of sp³-hybridized carbons (Fsp3) is 0.333. The normalized spacial score (nSPS) is 16.5. The van der Waals surface area contributed by atoms with Gasteiger partial charge in [-0.3, -0.25) is 0 Å². The third-order valence-corrected chi connectivity index (χ3v) is 2.14. The average molecular weight is 202 g/mol. The molecule has 1 aliphatic heterocycles. The maximum Gasteiger partial charge on any atom is 0.152 e. The number of hydrogen-bond donors (Lipinski definition) is 2. The molecule has 0 atom stereocenters. The van der Waals surface area contributed by atoms with Crippen molar-refractivity contribution in [2.24, 2.45) is 0 Å². The highest BCUT2D eigenvalue weighted by molar-refractivity contribution is 5.47. The average Bonchev–Trinajstić information content (AvgIpc) is 1.98. The third kappa shape index (κ3) is 1.68. The Morgan fingerprint density at radius 2 is 1.71 bits per heavy atom. The lowest BCUT2D eigenvalue weighted by atomic mass is 10.1. The van der Waals surface area contributed by atoms with E-state index in [1.807, 2.05) is 0 Å². The first kappa shape index (κ1) is 9.33. The smallest absolute Gasteiger partial charge is 0.152 e. The van der Waals surface area contributed by atoms with Crippen molar-refractivity contribution in [1.82, 2.24) is 5.32 Å². The Morgan fingerprint density at radius 3 is 2.14 bits per heavy atom. The summed E-state index contributed by atoms with van der Waals surface area (Å²) in [5.74, 6) is -2.69. The summed E-state index contributed by atoms with van der Waals surface area (Å²) in [7, 11) is 0. The van der Waals surface area contributed by atoms with Crippen molar-refractivity contribution in [2.75, 3.05) is 18.4 Å². The van der Waals surface area contributed by atoms with Crippen LogP contribution in [-0.4, -0.2) is 19.1 Å². The molecule has 1 aromatic rings. The molecule has 1 fully saturated rings. The summed E-state index contributed by atoms with van der Waals surface area (Å²) in [6, 6.07) is 1.35. The molecule has 5 heteroatoms. The molecule has 0 spiro atoms. The molecule has 1 aromatic carbocycles. The number of nitrogens with one attached hydrogen (secondary N) is 2. The zero-order chi connectivity index (χ0) is 10.1. The van der Waals surface area contributed by atoms with E-state index >= 15 is 0 Å². The maximum atomic E-state index is 13.1. The van der Waals surface area contributed by atoms with Gasteiger partial charge in [-0.2, -0.15) is 0 Å². The monoisotopic (exact) mass is 202 g/mol. The van der Waals surface area contributed by atoms with E-state index in [2.05, 4.69) is 10.6 Å². The van der Waals surface area contributed by atoms with Crippen LogP contribution in [0, 0.1) is 17.5 Å². The van der Waals surface area contributed by atoms with E-state index in [1.165, 1.54) is 0 Å². The Kier molecular flexibility index (Phi) is 2.33. The van der Waals surface area contributed by atoms with Gasteiger partial charge in [-0.1, -0.05) is 0 Å². The lowest BCUT2D eigenvalue weighted by molar-refractivity contribution is 0.463. The summed E-state index contributed by atoms with van der Waals surface area (Å²) < 4.78 is 38.7. The third-order valence-electron chi connectivity index (χ3n) is 2.14. The summed E-state index contributed by atoms with van der Waals surface area (Å²) in [4.78, 5) is 0. The van der Waals surface area contributed by atoms with Gasteiger partial charge in [-0.15, -0.1) is 0 Å². The quantitative estimate of drug-likeness (QED) is 0.759. The molecule has 0 aromatic heterocycles. The molecular weight excluding hydrogens is 193 g/mol. The van der Waals surface area contributed by atoms with Crippen LogP contribution in [0.5, 0.6) is 0 Å². The number of benzene rings is 1. The predicted octanol–water partition coefficient (Wildman–Crippen LogP) is 1.49. The first-order chi connectivity index (χ1) is 6.66. The van der Waals surface area contributed by atoms with Crippen LogP contribution in [0.15, 0.2) is 12.1 Å². The van der Waals surface area contributed by atoms with Crippen LogP contribution in [0.2, 0.25) is 0 Å². The van der Waals surface area contributed by atoms with Gasteiger partial charge in [0.25, 0.3) is 0 Å². The van der Waals surface area contributed by atoms with E-state index in [4.69, 9.17) is 0 Å². The fourth-order valence-corrected chi connectivity index (χ4v) is 1.27. The van der Waals surface area contributed by atoms with Crippen LogP contribution < -0.4 is 10.6 Å². The minimum Gasteiger partial charge on any atom is -0.375 e. The number of anilines is 1. The van der Waals surface area contributed by atoms with Crippen LogP contribution in [0.1, 0.15) is 0 Å². The largest absolute Gasteiger partial charge is 0.375 e. The Bertz CT molecular complexity index is 327. The minimum atomic E-state index is -0.905. The van der Waals surface area contributed by atoms with Crippen molar-refractivity contribution in [3.05, 3.63) is 29.6 Å². The molecule has 0 saturated carbocycles. The lowest BCUT2D eigenvalue weighted by Gasteiger charge is -2.29. The summed E-state index contributed by atoms with van der Waals surface area (Å²) >= 11 is 0. The molecule has 1 saturated heterocycles. The number of rotatable bonds is 2. The van der Waals surface area contributed by atoms with Crippen LogP contribution in [-0.2, 0) is 0 Å². The van der Waals surface area contributed by atoms with Crippen molar-refractivity contribution in [3.63, 3.8) is 0 Å². The number of hydrogen-bond acceptors (Lipinski definition) is 2. The van der Waals surface area contributed by atoms with E-state index < -0.39 is 17.5 Å². The molecule has 0 aliphatic carbocycles. The van der Waals surface area contributed by atoms with Gasteiger partial charge >= 0.3 is 0 Å². The molecule has 14 heavy (non-hydrogen) atoms. The van der Waals surface area contributed by atoms with Gasteiger partial charge in [0.1, 0.15) is 11.5 Å². The molecule has 0 amide bonds. The second kappa shape index (κ2) is 3.49. The summed E-state index contributed by atoms with van der Waals surface area (Å²) in [6.45, 7) is 1.33. The zero-order valence-electron chi connectivity index (χ0n) is 7.28. The number of halogens is 3. The van der Waals surface area contributed by atoms with Crippen LogP contribution in [0.4, 0.5) is 18.9 Å². The summed E-state index contributed by atoms with van der Waals surface area (Å²) in [5, 5.41) is 5.61. The molecule has 0 bridgehead atoms. The van der Waals surface area contributed by atoms with Crippen molar-refractivity contribution in [3.8, 4) is 0 Å². The van der Waals surface area contributed by atoms with Crippen LogP contribution >= 0.6 is 0 Å². The first-order valence-corrected chi connectivity index (χ1v) is 4.28. The van der Waals surface area contributed by atoms with Gasteiger partial charge in [-0.25, -0.2) is 13.2 Å². The van der Waals surface area contributed by atoms with Gasteiger partial charge in [-0.05, 0) is 0 Å². The molecule has 1 heterocycles. The molecular formula is C9H9F3N2. The van der Waals surface area contributed by atoms with Crippen molar-refractivity contribution < 1.29 is 13.2 Å². The van der Waals surface area contributed by atoms with Gasteiger partial charge in [0, 0.05) is 25.2 Å². The zero-order valence-corrected chi connectivity index (χ0v) is 7.28. The Labute approximate surface area is 79.1 Å². The van der Waals surface area contributed by atoms with Crippen LogP contribution in [0.3, 0.4) is 0 Å². The van der Waals surface area contributed by atoms with Gasteiger partial charge < -0.3 is 10.6 Å². The second-order valence-corrected chi connectivity index (χ2v) is 3.24. The highest BCUT2D eigenvalue weighted by atomic mass is 19.1. The molecule has 76 valence electrons. The van der Waals surface area contributed by atoms with Crippen molar-refractivity contribution in [2.45, 2.75) is 6.04 Å². The van der Waals surface area contributed by atoms with E-state index in [0.717, 1.165) is 0 Å². The van der Waals surface area contributed by atoms with E-state index in [9.17, 15) is 13.2 Å². The minimum absolute atomic E-state index is 0.0180. The van der Waals surface area contributed by atoms with Gasteiger partial charge in [0.2, 0.25) is 0 Å². The van der Waals surface area contributed by atoms with Crippen molar-refractivity contribution >= 4 is 5.69 Å². The molecule has 2 N–H and O–H groups in total. The maximum absolute atomic E-state index is 13.1.